The highest BCUT2D eigenvalue weighted by molar-refractivity contribution is 6.11. The molecule has 0 bridgehead atoms. The topological polar surface area (TPSA) is 128 Å². The minimum Gasteiger partial charge on any atom is -0.490 e. The third-order valence-electron chi connectivity index (χ3n) is 7.29. The summed E-state index contributed by atoms with van der Waals surface area (Å²) in [5, 5.41) is 12.5. The first-order valence-electron chi connectivity index (χ1n) is 13.7. The van der Waals surface area contributed by atoms with Crippen LogP contribution in [-0.4, -0.2) is 52.3 Å². The normalized spacial score (nSPS) is 14.2. The number of pyridine rings is 2. The van der Waals surface area contributed by atoms with Crippen LogP contribution in [0.15, 0.2) is 60.9 Å². The van der Waals surface area contributed by atoms with E-state index in [9.17, 15) is 23.9 Å². The van der Waals surface area contributed by atoms with Gasteiger partial charge in [-0.25, -0.2) is 13.8 Å². The largest absolute Gasteiger partial charge is 0.490 e. The lowest BCUT2D eigenvalue weighted by Gasteiger charge is -2.15. The highest BCUT2D eigenvalue weighted by atomic mass is 19.1. The van der Waals surface area contributed by atoms with Crippen molar-refractivity contribution in [3.8, 4) is 17.4 Å². The summed E-state index contributed by atoms with van der Waals surface area (Å²) < 4.78 is 39.7. The van der Waals surface area contributed by atoms with Crippen LogP contribution in [0.5, 0.6) is 17.4 Å². The molecule has 1 aliphatic carbocycles. The summed E-state index contributed by atoms with van der Waals surface area (Å²) in [4.78, 5) is 47.0. The Morgan fingerprint density at radius 3 is 2.30 bits per heavy atom. The third kappa shape index (κ3) is 6.51. The molecule has 1 fully saturated rings. The Balaban J connectivity index is 1.33. The van der Waals surface area contributed by atoms with Gasteiger partial charge in [0.2, 0.25) is 0 Å². The Kier molecular flexibility index (Phi) is 8.45. The van der Waals surface area contributed by atoms with E-state index in [2.05, 4.69) is 15.3 Å². The summed E-state index contributed by atoms with van der Waals surface area (Å²) in [6, 6.07) is 11.2. The number of aliphatic hydroxyl groups excluding tert-OH is 1. The molecule has 2 heterocycles. The molecular weight excluding hydrogens is 560 g/mol. The van der Waals surface area contributed by atoms with E-state index in [0.717, 1.165) is 6.07 Å². The summed E-state index contributed by atoms with van der Waals surface area (Å²) in [6.45, 7) is 1.51. The zero-order chi connectivity index (χ0) is 30.7. The summed E-state index contributed by atoms with van der Waals surface area (Å²) in [5.74, 6) is -2.19. The lowest BCUT2D eigenvalue weighted by Crippen LogP contribution is -2.29. The quantitative estimate of drug-likeness (QED) is 0.231. The molecule has 2 aromatic carbocycles. The van der Waals surface area contributed by atoms with Crippen molar-refractivity contribution in [1.29, 1.82) is 0 Å². The van der Waals surface area contributed by atoms with Crippen LogP contribution < -0.4 is 14.8 Å². The molecule has 43 heavy (non-hydrogen) atoms. The second-order valence-corrected chi connectivity index (χ2v) is 10.6. The van der Waals surface area contributed by atoms with E-state index in [4.69, 9.17) is 9.47 Å². The molecule has 1 saturated carbocycles. The molecule has 11 heteroatoms. The molecule has 1 aliphatic rings. The maximum absolute atomic E-state index is 15.2. The first-order chi connectivity index (χ1) is 20.6. The minimum atomic E-state index is -1.11. The van der Waals surface area contributed by atoms with E-state index in [-0.39, 0.29) is 59.5 Å². The number of hydrogen-bond acceptors (Lipinski definition) is 8. The predicted octanol–water partition coefficient (Wildman–Crippen LogP) is 4.52. The maximum atomic E-state index is 15.2. The minimum absolute atomic E-state index is 0.0150. The van der Waals surface area contributed by atoms with Gasteiger partial charge in [-0.05, 0) is 61.2 Å². The van der Waals surface area contributed by atoms with Crippen molar-refractivity contribution in [1.82, 2.24) is 15.3 Å². The number of nitrogens with zero attached hydrogens (tertiary/aromatic N) is 2. The summed E-state index contributed by atoms with van der Waals surface area (Å²) in [6.07, 6.45) is 2.67. The summed E-state index contributed by atoms with van der Waals surface area (Å²) in [5.41, 5.74) is 0.356. The SMILES string of the molecule is CNC(=O)c1cc2c(Oc3ncc(CC(=O)C4(C(=O)Cc5ccc(F)cc5)CC4)cc3F)ccnc2cc1OCC(C)O. The number of ether oxygens (including phenoxy) is 2. The van der Waals surface area contributed by atoms with Crippen molar-refractivity contribution >= 4 is 28.4 Å². The molecule has 0 spiro atoms. The van der Waals surface area contributed by atoms with Gasteiger partial charge in [0.05, 0.1) is 22.6 Å². The van der Waals surface area contributed by atoms with Gasteiger partial charge in [0.25, 0.3) is 11.8 Å². The van der Waals surface area contributed by atoms with Crippen LogP contribution >= 0.6 is 0 Å². The van der Waals surface area contributed by atoms with Crippen LogP contribution in [-0.2, 0) is 22.4 Å². The monoisotopic (exact) mass is 589 g/mol. The molecular formula is C32H29F2N3O6. The van der Waals surface area contributed by atoms with Crippen LogP contribution in [0.1, 0.15) is 41.3 Å². The lowest BCUT2D eigenvalue weighted by molar-refractivity contribution is -0.133. The first kappa shape index (κ1) is 29.7. The number of carbonyl (C=O) groups excluding carboxylic acids is 3. The average molecular weight is 590 g/mol. The molecule has 4 aromatic rings. The molecule has 2 aromatic heterocycles. The smallest absolute Gasteiger partial charge is 0.255 e. The second kappa shape index (κ2) is 12.2. The van der Waals surface area contributed by atoms with E-state index in [1.165, 1.54) is 61.9 Å². The van der Waals surface area contributed by atoms with E-state index < -0.39 is 29.1 Å². The van der Waals surface area contributed by atoms with Gasteiger partial charge < -0.3 is 19.9 Å². The fraction of sp³-hybridized carbons (Fsp3) is 0.281. The number of aliphatic hydroxyl groups is 1. The molecule has 9 nitrogen and oxygen atoms in total. The number of rotatable bonds is 12. The molecule has 5 rings (SSSR count). The summed E-state index contributed by atoms with van der Waals surface area (Å²) in [7, 11) is 1.46. The number of ketones is 2. The van der Waals surface area contributed by atoms with Gasteiger partial charge in [0.1, 0.15) is 23.9 Å². The number of benzene rings is 2. The average Bonchev–Trinajstić information content (AvgIpc) is 3.80. The van der Waals surface area contributed by atoms with Gasteiger partial charge in [0, 0.05) is 43.7 Å². The number of halogens is 2. The summed E-state index contributed by atoms with van der Waals surface area (Å²) >= 11 is 0. The van der Waals surface area contributed by atoms with Crippen LogP contribution in [0.25, 0.3) is 10.9 Å². The van der Waals surface area contributed by atoms with Crippen molar-refractivity contribution in [2.75, 3.05) is 13.7 Å². The zero-order valence-corrected chi connectivity index (χ0v) is 23.5. The van der Waals surface area contributed by atoms with E-state index >= 15 is 4.39 Å². The van der Waals surface area contributed by atoms with Crippen LogP contribution in [0, 0.1) is 17.0 Å². The molecule has 1 unspecified atom stereocenters. The molecule has 1 atom stereocenters. The number of amides is 1. The highest BCUT2D eigenvalue weighted by Gasteiger charge is 2.54. The second-order valence-electron chi connectivity index (χ2n) is 10.6. The van der Waals surface area contributed by atoms with Gasteiger partial charge in [0.15, 0.2) is 17.4 Å². The molecule has 0 radical (unpaired) electrons. The zero-order valence-electron chi connectivity index (χ0n) is 23.5. The van der Waals surface area contributed by atoms with Gasteiger partial charge >= 0.3 is 0 Å². The first-order valence-corrected chi connectivity index (χ1v) is 13.7. The van der Waals surface area contributed by atoms with Crippen molar-refractivity contribution in [2.24, 2.45) is 5.41 Å². The van der Waals surface area contributed by atoms with E-state index in [0.29, 0.717) is 29.3 Å². The lowest BCUT2D eigenvalue weighted by atomic mass is 9.88. The van der Waals surface area contributed by atoms with Crippen LogP contribution in [0.2, 0.25) is 0 Å². The van der Waals surface area contributed by atoms with Gasteiger partial charge in [-0.2, -0.15) is 0 Å². The van der Waals surface area contributed by atoms with E-state index in [1.807, 2.05) is 0 Å². The standard InChI is InChI=1S/C32H29F2N3O6/c1-18(38)17-42-27-15-25-22(14-23(27)30(41)35-2)26(7-10-36-25)43-31-24(34)11-20(16-37-31)13-29(40)32(8-9-32)28(39)12-19-3-5-21(33)6-4-19/h3-7,10-11,14-16,18,38H,8-9,12-13,17H2,1-2H3,(H,35,41). The Morgan fingerprint density at radius 2 is 1.67 bits per heavy atom. The number of fused-ring (bicyclic) bond motifs is 1. The highest BCUT2D eigenvalue weighted by Crippen LogP contribution is 2.49. The molecule has 0 saturated heterocycles. The number of Topliss-reactive ketones (excluding diaryl/α,β-unsaturated/α-hetero) is 2. The predicted molar refractivity (Wildman–Crippen MR) is 152 cm³/mol. The van der Waals surface area contributed by atoms with Gasteiger partial charge in [-0.3, -0.25) is 19.4 Å². The molecule has 0 aliphatic heterocycles. The van der Waals surface area contributed by atoms with E-state index in [1.54, 1.807) is 6.92 Å². The van der Waals surface area contributed by atoms with Crippen molar-refractivity contribution in [3.05, 3.63) is 89.2 Å². The van der Waals surface area contributed by atoms with Crippen molar-refractivity contribution < 1.29 is 37.7 Å². The number of nitrogens with one attached hydrogen (secondary N) is 1. The Labute approximate surface area is 245 Å². The van der Waals surface area contributed by atoms with Gasteiger partial charge in [-0.1, -0.05) is 12.1 Å². The fourth-order valence-corrected chi connectivity index (χ4v) is 4.77. The molecule has 1 amide bonds. The number of carbonyl (C=O) groups is 3. The number of hydrogen-bond donors (Lipinski definition) is 2. The maximum Gasteiger partial charge on any atom is 0.255 e. The van der Waals surface area contributed by atoms with Gasteiger partial charge in [-0.15, -0.1) is 0 Å². The van der Waals surface area contributed by atoms with Crippen LogP contribution in [0.3, 0.4) is 0 Å². The Hall–Kier alpha value is -4.77. The Morgan fingerprint density at radius 1 is 0.977 bits per heavy atom. The van der Waals surface area contributed by atoms with Crippen LogP contribution in [0.4, 0.5) is 8.78 Å². The van der Waals surface area contributed by atoms with Crippen molar-refractivity contribution in [2.45, 2.75) is 38.7 Å². The molecule has 2 N–H and O–H groups in total. The Bertz CT molecular complexity index is 1700. The molecule has 222 valence electrons. The number of aromatic nitrogens is 2. The van der Waals surface area contributed by atoms with Crippen molar-refractivity contribution in [3.63, 3.8) is 0 Å². The third-order valence-corrected chi connectivity index (χ3v) is 7.29. The fourth-order valence-electron chi connectivity index (χ4n) is 4.77.